The van der Waals surface area contributed by atoms with Crippen LogP contribution in [0.25, 0.3) is 0 Å². The van der Waals surface area contributed by atoms with E-state index >= 15 is 0 Å². The molecule has 1 heterocycles. The Morgan fingerprint density at radius 2 is 1.83 bits per heavy atom. The third-order valence-corrected chi connectivity index (χ3v) is 5.67. The van der Waals surface area contributed by atoms with Crippen LogP contribution >= 0.6 is 0 Å². The molecule has 1 N–H and O–H groups in total. The molecule has 3 rings (SSSR count). The molecule has 2 atom stereocenters. The molecule has 4 nitrogen and oxygen atoms in total. The summed E-state index contributed by atoms with van der Waals surface area (Å²) in [4.78, 5) is 15.4. The predicted octanol–water partition coefficient (Wildman–Crippen LogP) is 5.53. The highest BCUT2D eigenvalue weighted by Gasteiger charge is 2.40. The Kier molecular flexibility index (Phi) is 6.10. The standard InChI is InChI=1S/C23H28F2N2O2/c1-23(2,3)21-14-20(11-12-26(21)22(28)29)27(19-6-4-5-18(25)13-19)15-16-7-9-17(24)10-8-16/h4-10,13,20-21H,11-12,14-15H2,1-3H3,(H,28,29). The fraction of sp³-hybridized carbons (Fsp3) is 0.435. The van der Waals surface area contributed by atoms with Gasteiger partial charge in [-0.25, -0.2) is 13.6 Å². The molecule has 1 aliphatic rings. The van der Waals surface area contributed by atoms with Crippen molar-refractivity contribution in [2.24, 2.45) is 5.41 Å². The number of rotatable bonds is 4. The van der Waals surface area contributed by atoms with Crippen LogP contribution in [-0.4, -0.2) is 34.7 Å². The van der Waals surface area contributed by atoms with Crippen molar-refractivity contribution < 1.29 is 18.7 Å². The lowest BCUT2D eigenvalue weighted by Gasteiger charge is -2.48. The van der Waals surface area contributed by atoms with Crippen molar-refractivity contribution in [2.45, 2.75) is 52.2 Å². The molecule has 0 bridgehead atoms. The molecule has 0 aliphatic carbocycles. The molecule has 0 aromatic heterocycles. The lowest BCUT2D eigenvalue weighted by atomic mass is 9.78. The maximum Gasteiger partial charge on any atom is 0.407 e. The topological polar surface area (TPSA) is 43.8 Å². The third-order valence-electron chi connectivity index (χ3n) is 5.67. The van der Waals surface area contributed by atoms with Crippen LogP contribution in [0, 0.1) is 17.0 Å². The number of carboxylic acid groups (broad SMARTS) is 1. The first kappa shape index (κ1) is 21.1. The summed E-state index contributed by atoms with van der Waals surface area (Å²) in [6.07, 6.45) is 0.392. The molecule has 29 heavy (non-hydrogen) atoms. The van der Waals surface area contributed by atoms with E-state index in [1.165, 1.54) is 29.2 Å². The lowest BCUT2D eigenvalue weighted by Crippen LogP contribution is -2.56. The summed E-state index contributed by atoms with van der Waals surface area (Å²) in [5.41, 5.74) is 1.44. The number of hydrogen-bond donors (Lipinski definition) is 1. The molecule has 1 amide bonds. The summed E-state index contributed by atoms with van der Waals surface area (Å²) >= 11 is 0. The number of likely N-dealkylation sites (tertiary alicyclic amines) is 1. The average molecular weight is 402 g/mol. The summed E-state index contributed by atoms with van der Waals surface area (Å²) < 4.78 is 27.3. The molecule has 2 aromatic rings. The molecule has 156 valence electrons. The van der Waals surface area contributed by atoms with Gasteiger partial charge in [0.2, 0.25) is 0 Å². The minimum absolute atomic E-state index is 0.0432. The van der Waals surface area contributed by atoms with Crippen molar-refractivity contribution in [2.75, 3.05) is 11.4 Å². The zero-order valence-electron chi connectivity index (χ0n) is 17.1. The normalized spacial score (nSPS) is 19.8. The number of halogens is 2. The Morgan fingerprint density at radius 1 is 1.14 bits per heavy atom. The van der Waals surface area contributed by atoms with Crippen LogP contribution < -0.4 is 4.90 Å². The van der Waals surface area contributed by atoms with Crippen molar-refractivity contribution in [3.63, 3.8) is 0 Å². The van der Waals surface area contributed by atoms with E-state index in [0.29, 0.717) is 25.9 Å². The first-order valence-electron chi connectivity index (χ1n) is 9.91. The molecule has 6 heteroatoms. The Bertz CT molecular complexity index is 849. The number of anilines is 1. The fourth-order valence-corrected chi connectivity index (χ4v) is 4.15. The van der Waals surface area contributed by atoms with Crippen molar-refractivity contribution in [1.82, 2.24) is 4.90 Å². The molecule has 1 saturated heterocycles. The maximum absolute atomic E-state index is 14.0. The first-order valence-corrected chi connectivity index (χ1v) is 9.91. The van der Waals surface area contributed by atoms with Gasteiger partial charge in [0, 0.05) is 30.9 Å². The van der Waals surface area contributed by atoms with E-state index in [1.807, 2.05) is 26.8 Å². The van der Waals surface area contributed by atoms with E-state index in [1.54, 1.807) is 18.2 Å². The highest BCUT2D eigenvalue weighted by molar-refractivity contribution is 5.66. The second kappa shape index (κ2) is 8.39. The first-order chi connectivity index (χ1) is 13.6. The predicted molar refractivity (Wildman–Crippen MR) is 110 cm³/mol. The van der Waals surface area contributed by atoms with Crippen molar-refractivity contribution >= 4 is 11.8 Å². The Labute approximate surface area is 170 Å². The number of amides is 1. The average Bonchev–Trinajstić information content (AvgIpc) is 2.66. The molecular formula is C23H28F2N2O2. The van der Waals surface area contributed by atoms with Gasteiger partial charge in [-0.15, -0.1) is 0 Å². The number of carbonyl (C=O) groups is 1. The quantitative estimate of drug-likeness (QED) is 0.731. The Balaban J connectivity index is 1.93. The van der Waals surface area contributed by atoms with Gasteiger partial charge in [0.15, 0.2) is 0 Å². The zero-order chi connectivity index (χ0) is 21.2. The summed E-state index contributed by atoms with van der Waals surface area (Å²) in [7, 11) is 0. The van der Waals surface area contributed by atoms with E-state index in [4.69, 9.17) is 0 Å². The maximum atomic E-state index is 14.0. The van der Waals surface area contributed by atoms with Gasteiger partial charge in [-0.05, 0) is 54.2 Å². The van der Waals surface area contributed by atoms with Gasteiger partial charge < -0.3 is 14.9 Å². The van der Waals surface area contributed by atoms with E-state index in [9.17, 15) is 18.7 Å². The molecular weight excluding hydrogens is 374 g/mol. The minimum atomic E-state index is -0.904. The van der Waals surface area contributed by atoms with Crippen LogP contribution in [-0.2, 0) is 6.54 Å². The molecule has 1 fully saturated rings. The highest BCUT2D eigenvalue weighted by atomic mass is 19.1. The molecule has 2 unspecified atom stereocenters. The smallest absolute Gasteiger partial charge is 0.407 e. The van der Waals surface area contributed by atoms with Gasteiger partial charge in [0.25, 0.3) is 0 Å². The Hall–Kier alpha value is -2.63. The van der Waals surface area contributed by atoms with Crippen molar-refractivity contribution in [3.8, 4) is 0 Å². The highest BCUT2D eigenvalue weighted by Crippen LogP contribution is 2.36. The van der Waals surface area contributed by atoms with Gasteiger partial charge >= 0.3 is 6.09 Å². The largest absolute Gasteiger partial charge is 0.465 e. The van der Waals surface area contributed by atoms with Gasteiger partial charge in [-0.3, -0.25) is 0 Å². The fourth-order valence-electron chi connectivity index (χ4n) is 4.15. The van der Waals surface area contributed by atoms with E-state index < -0.39 is 6.09 Å². The summed E-state index contributed by atoms with van der Waals surface area (Å²) in [5, 5.41) is 9.64. The van der Waals surface area contributed by atoms with Gasteiger partial charge in [0.1, 0.15) is 11.6 Å². The number of nitrogens with zero attached hydrogens (tertiary/aromatic N) is 2. The second-order valence-electron chi connectivity index (χ2n) is 8.77. The van der Waals surface area contributed by atoms with Crippen molar-refractivity contribution in [3.05, 3.63) is 65.7 Å². The monoisotopic (exact) mass is 402 g/mol. The molecule has 2 aromatic carbocycles. The van der Waals surface area contributed by atoms with Crippen molar-refractivity contribution in [1.29, 1.82) is 0 Å². The van der Waals surface area contributed by atoms with Crippen LogP contribution in [0.1, 0.15) is 39.2 Å². The van der Waals surface area contributed by atoms with E-state index in [-0.39, 0.29) is 29.1 Å². The number of benzene rings is 2. The molecule has 1 aliphatic heterocycles. The van der Waals surface area contributed by atoms with E-state index in [2.05, 4.69) is 4.90 Å². The molecule has 0 saturated carbocycles. The summed E-state index contributed by atoms with van der Waals surface area (Å²) in [6.45, 7) is 7.06. The number of piperidine rings is 1. The van der Waals surface area contributed by atoms with Crippen LogP contribution in [0.2, 0.25) is 0 Å². The number of hydrogen-bond acceptors (Lipinski definition) is 2. The zero-order valence-corrected chi connectivity index (χ0v) is 17.1. The molecule has 0 spiro atoms. The Morgan fingerprint density at radius 3 is 2.41 bits per heavy atom. The van der Waals surface area contributed by atoms with E-state index in [0.717, 1.165) is 11.3 Å². The summed E-state index contributed by atoms with van der Waals surface area (Å²) in [6, 6.07) is 12.6. The molecule has 0 radical (unpaired) electrons. The van der Waals surface area contributed by atoms with Gasteiger partial charge in [0.05, 0.1) is 0 Å². The third kappa shape index (κ3) is 5.05. The second-order valence-corrected chi connectivity index (χ2v) is 8.77. The van der Waals surface area contributed by atoms with Gasteiger partial charge in [-0.2, -0.15) is 0 Å². The lowest BCUT2D eigenvalue weighted by molar-refractivity contribution is 0.0520. The SMILES string of the molecule is CC(C)(C)C1CC(N(Cc2ccc(F)cc2)c2cccc(F)c2)CCN1C(=O)O. The van der Waals surface area contributed by atoms with Crippen LogP contribution in [0.3, 0.4) is 0 Å². The van der Waals surface area contributed by atoms with Crippen LogP contribution in [0.15, 0.2) is 48.5 Å². The summed E-state index contributed by atoms with van der Waals surface area (Å²) in [5.74, 6) is -0.615. The van der Waals surface area contributed by atoms with Gasteiger partial charge in [-0.1, -0.05) is 39.0 Å². The van der Waals surface area contributed by atoms with Crippen LogP contribution in [0.4, 0.5) is 19.3 Å². The van der Waals surface area contributed by atoms with Crippen LogP contribution in [0.5, 0.6) is 0 Å². The minimum Gasteiger partial charge on any atom is -0.465 e.